The summed E-state index contributed by atoms with van der Waals surface area (Å²) in [6.07, 6.45) is 3.72. The Labute approximate surface area is 114 Å². The molecule has 0 bridgehead atoms. The normalized spacial score (nSPS) is 15.2. The second-order valence-corrected chi connectivity index (χ2v) is 5.31. The lowest BCUT2D eigenvalue weighted by atomic mass is 9.90. The van der Waals surface area contributed by atoms with Gasteiger partial charge in [-0.15, -0.1) is 0 Å². The van der Waals surface area contributed by atoms with Crippen LogP contribution in [0.2, 0.25) is 0 Å². The number of aliphatic hydroxyl groups excluding tert-OH is 1. The van der Waals surface area contributed by atoms with Crippen molar-refractivity contribution in [3.05, 3.63) is 29.3 Å². The average Bonchev–Trinajstić information content (AvgIpc) is 2.25. The van der Waals surface area contributed by atoms with Gasteiger partial charge in [-0.2, -0.15) is 0 Å². The van der Waals surface area contributed by atoms with Crippen LogP contribution in [-0.2, 0) is 0 Å². The number of hydrogen-bond acceptors (Lipinski definition) is 3. The Hall–Kier alpha value is -1.13. The van der Waals surface area contributed by atoms with Crippen LogP contribution in [0.25, 0.3) is 0 Å². The molecule has 18 heavy (non-hydrogen) atoms. The maximum atomic E-state index is 9.20. The fraction of sp³-hybridized carbons (Fsp3) is 0.500. The number of aliphatic hydroxyl groups is 1. The lowest BCUT2D eigenvalue weighted by Crippen LogP contribution is -2.42. The predicted molar refractivity (Wildman–Crippen MR) is 79.1 cm³/mol. The van der Waals surface area contributed by atoms with Gasteiger partial charge in [0, 0.05) is 23.8 Å². The van der Waals surface area contributed by atoms with Crippen LogP contribution in [0.3, 0.4) is 0 Å². The molecule has 0 heterocycles. The van der Waals surface area contributed by atoms with E-state index in [0.717, 1.165) is 16.8 Å². The number of anilines is 1. The van der Waals surface area contributed by atoms with Crippen LogP contribution in [0.1, 0.15) is 30.4 Å². The lowest BCUT2D eigenvalue weighted by Gasteiger charge is -2.39. The number of aryl methyl sites for hydroxylation is 1. The molecular formula is C14H20N2OS. The largest absolute Gasteiger partial charge is 0.395 e. The summed E-state index contributed by atoms with van der Waals surface area (Å²) in [5.74, 6) is 0. The molecule has 1 aromatic rings. The zero-order valence-corrected chi connectivity index (χ0v) is 11.5. The maximum Gasteiger partial charge on any atom is 0.104 e. The number of nitrogens with two attached hydrogens (primary N) is 1. The third-order valence-corrected chi connectivity index (χ3v) is 3.88. The molecule has 1 aliphatic carbocycles. The molecule has 0 unspecified atom stereocenters. The zero-order valence-electron chi connectivity index (χ0n) is 10.7. The molecule has 0 atom stereocenters. The van der Waals surface area contributed by atoms with Crippen LogP contribution in [-0.4, -0.2) is 29.3 Å². The Kier molecular flexibility index (Phi) is 4.19. The topological polar surface area (TPSA) is 49.5 Å². The molecule has 2 rings (SSSR count). The second kappa shape index (κ2) is 5.67. The molecule has 0 aliphatic heterocycles. The van der Waals surface area contributed by atoms with Gasteiger partial charge in [-0.05, 0) is 49.9 Å². The molecule has 0 amide bonds. The van der Waals surface area contributed by atoms with Crippen molar-refractivity contribution in [2.45, 2.75) is 32.2 Å². The molecular weight excluding hydrogens is 244 g/mol. The first-order valence-corrected chi connectivity index (χ1v) is 6.82. The van der Waals surface area contributed by atoms with E-state index in [2.05, 4.69) is 17.0 Å². The van der Waals surface area contributed by atoms with Crippen LogP contribution in [0.4, 0.5) is 5.69 Å². The molecule has 1 aromatic carbocycles. The van der Waals surface area contributed by atoms with Gasteiger partial charge in [0.15, 0.2) is 0 Å². The number of rotatable bonds is 5. The van der Waals surface area contributed by atoms with Gasteiger partial charge < -0.3 is 15.7 Å². The fourth-order valence-electron chi connectivity index (χ4n) is 2.43. The summed E-state index contributed by atoms with van der Waals surface area (Å²) in [6, 6.07) is 6.72. The Morgan fingerprint density at radius 3 is 2.67 bits per heavy atom. The molecule has 1 aliphatic rings. The van der Waals surface area contributed by atoms with Crippen molar-refractivity contribution in [1.29, 1.82) is 0 Å². The van der Waals surface area contributed by atoms with E-state index in [0.29, 0.717) is 17.6 Å². The van der Waals surface area contributed by atoms with Gasteiger partial charge in [-0.3, -0.25) is 0 Å². The molecule has 3 nitrogen and oxygen atoms in total. The lowest BCUT2D eigenvalue weighted by molar-refractivity contribution is 0.283. The van der Waals surface area contributed by atoms with E-state index in [1.165, 1.54) is 19.3 Å². The van der Waals surface area contributed by atoms with Gasteiger partial charge in [0.1, 0.15) is 4.99 Å². The summed E-state index contributed by atoms with van der Waals surface area (Å²) < 4.78 is 0. The van der Waals surface area contributed by atoms with E-state index < -0.39 is 0 Å². The minimum Gasteiger partial charge on any atom is -0.395 e. The summed E-state index contributed by atoms with van der Waals surface area (Å²) in [6.45, 7) is 2.90. The highest BCUT2D eigenvalue weighted by Gasteiger charge is 2.25. The highest BCUT2D eigenvalue weighted by Crippen LogP contribution is 2.30. The monoisotopic (exact) mass is 264 g/mol. The van der Waals surface area contributed by atoms with Crippen LogP contribution >= 0.6 is 12.2 Å². The first kappa shape index (κ1) is 13.3. The zero-order chi connectivity index (χ0) is 13.1. The smallest absolute Gasteiger partial charge is 0.104 e. The van der Waals surface area contributed by atoms with Crippen LogP contribution in [0, 0.1) is 6.92 Å². The highest BCUT2D eigenvalue weighted by molar-refractivity contribution is 7.80. The van der Waals surface area contributed by atoms with Crippen molar-refractivity contribution in [3.63, 3.8) is 0 Å². The molecule has 3 N–H and O–H groups in total. The van der Waals surface area contributed by atoms with Gasteiger partial charge >= 0.3 is 0 Å². The minimum absolute atomic E-state index is 0.187. The van der Waals surface area contributed by atoms with Gasteiger partial charge in [-0.1, -0.05) is 12.2 Å². The summed E-state index contributed by atoms with van der Waals surface area (Å²) in [7, 11) is 0. The summed E-state index contributed by atoms with van der Waals surface area (Å²) >= 11 is 5.02. The first-order valence-electron chi connectivity index (χ1n) is 6.41. The van der Waals surface area contributed by atoms with E-state index in [9.17, 15) is 5.11 Å². The summed E-state index contributed by atoms with van der Waals surface area (Å²) in [5.41, 5.74) is 8.87. The number of hydrogen-bond donors (Lipinski definition) is 2. The summed E-state index contributed by atoms with van der Waals surface area (Å²) in [4.78, 5) is 2.73. The number of nitrogens with zero attached hydrogens (tertiary/aromatic N) is 1. The maximum absolute atomic E-state index is 9.20. The molecule has 0 aromatic heterocycles. The Morgan fingerprint density at radius 2 is 2.22 bits per heavy atom. The van der Waals surface area contributed by atoms with Crippen LogP contribution in [0.15, 0.2) is 18.2 Å². The van der Waals surface area contributed by atoms with E-state index in [1.807, 2.05) is 13.0 Å². The fourth-order valence-corrected chi connectivity index (χ4v) is 2.66. The first-order chi connectivity index (χ1) is 8.63. The van der Waals surface area contributed by atoms with Gasteiger partial charge in [0.2, 0.25) is 0 Å². The predicted octanol–water partition coefficient (Wildman–Crippen LogP) is 1.98. The summed E-state index contributed by atoms with van der Waals surface area (Å²) in [5, 5.41) is 9.20. The third kappa shape index (κ3) is 2.65. The number of benzene rings is 1. The third-order valence-electron chi connectivity index (χ3n) is 3.66. The standard InChI is InChI=1S/C14H20N2OS/c1-10-9-12(5-6-13(10)14(15)18)16(7-8-17)11-3-2-4-11/h5-6,9,11,17H,2-4,7-8H2,1H3,(H2,15,18). The Bertz CT molecular complexity index is 443. The Morgan fingerprint density at radius 1 is 1.50 bits per heavy atom. The van der Waals surface area contributed by atoms with Crippen molar-refractivity contribution in [1.82, 2.24) is 0 Å². The molecule has 1 saturated carbocycles. The van der Waals surface area contributed by atoms with E-state index in [-0.39, 0.29) is 6.61 Å². The van der Waals surface area contributed by atoms with Crippen molar-refractivity contribution < 1.29 is 5.11 Å². The van der Waals surface area contributed by atoms with Crippen molar-refractivity contribution in [2.75, 3.05) is 18.1 Å². The van der Waals surface area contributed by atoms with E-state index in [4.69, 9.17) is 18.0 Å². The second-order valence-electron chi connectivity index (χ2n) is 4.87. The molecule has 4 heteroatoms. The number of thiocarbonyl (C=S) groups is 1. The molecule has 1 fully saturated rings. The SMILES string of the molecule is Cc1cc(N(CCO)C2CCC2)ccc1C(N)=S. The molecule has 0 spiro atoms. The average molecular weight is 264 g/mol. The Balaban J connectivity index is 2.24. The van der Waals surface area contributed by atoms with Crippen molar-refractivity contribution >= 4 is 22.9 Å². The van der Waals surface area contributed by atoms with Crippen molar-refractivity contribution in [3.8, 4) is 0 Å². The van der Waals surface area contributed by atoms with Gasteiger partial charge in [0.05, 0.1) is 6.61 Å². The van der Waals surface area contributed by atoms with Gasteiger partial charge in [0.25, 0.3) is 0 Å². The highest BCUT2D eigenvalue weighted by atomic mass is 32.1. The van der Waals surface area contributed by atoms with Crippen LogP contribution < -0.4 is 10.6 Å². The molecule has 0 saturated heterocycles. The minimum atomic E-state index is 0.187. The molecule has 0 radical (unpaired) electrons. The van der Waals surface area contributed by atoms with Crippen molar-refractivity contribution in [2.24, 2.45) is 5.73 Å². The van der Waals surface area contributed by atoms with E-state index >= 15 is 0 Å². The van der Waals surface area contributed by atoms with Crippen LogP contribution in [0.5, 0.6) is 0 Å². The van der Waals surface area contributed by atoms with Gasteiger partial charge in [-0.25, -0.2) is 0 Å². The quantitative estimate of drug-likeness (QED) is 0.799. The molecule has 98 valence electrons. The van der Waals surface area contributed by atoms with E-state index in [1.54, 1.807) is 0 Å².